The van der Waals surface area contributed by atoms with Crippen molar-refractivity contribution in [1.82, 2.24) is 10.2 Å². The lowest BCUT2D eigenvalue weighted by atomic mass is 10.0. The van der Waals surface area contributed by atoms with Gasteiger partial charge in [0, 0.05) is 0 Å². The summed E-state index contributed by atoms with van der Waals surface area (Å²) < 4.78 is 5.10. The number of carboxylic acids is 1. The maximum atomic E-state index is 12.6. The van der Waals surface area contributed by atoms with E-state index >= 15 is 0 Å². The number of alkyl carbamates (subject to hydrolysis) is 1. The predicted molar refractivity (Wildman–Crippen MR) is 90.9 cm³/mol. The van der Waals surface area contributed by atoms with Gasteiger partial charge in [0.1, 0.15) is 18.2 Å². The van der Waals surface area contributed by atoms with Crippen LogP contribution in [-0.4, -0.2) is 46.2 Å². The average Bonchev–Trinajstić information content (AvgIpc) is 2.97. The maximum absolute atomic E-state index is 12.6. The lowest BCUT2D eigenvalue weighted by molar-refractivity contribution is -0.149. The molecule has 2 rings (SSSR count). The molecule has 2 N–H and O–H groups in total. The Kier molecular flexibility index (Phi) is 5.66. The molecule has 2 atom stereocenters. The molecule has 2 amide bonds. The zero-order valence-electron chi connectivity index (χ0n) is 14.7. The highest BCUT2D eigenvalue weighted by Crippen LogP contribution is 2.36. The number of nitrogens with zero attached hydrogens (tertiary/aromatic N) is 1. The highest BCUT2D eigenvalue weighted by atomic mass is 16.6. The molecule has 1 aliphatic heterocycles. The molecule has 1 aromatic carbocycles. The largest absolute Gasteiger partial charge is 0.480 e. The van der Waals surface area contributed by atoms with Gasteiger partial charge in [-0.15, -0.1) is 0 Å². The standard InChI is InChI=1S/C18H24N2O5/c1-18(2,3)25-17(24)19-11-15(21)20-13(9-10-14(20)16(22)23)12-7-5-4-6-8-12/h4-8,13-14H,9-11H2,1-3H3,(H,19,24)(H,22,23)/t13?,14-/m0/s1. The highest BCUT2D eigenvalue weighted by Gasteiger charge is 2.41. The van der Waals surface area contributed by atoms with Crippen molar-refractivity contribution in [2.24, 2.45) is 0 Å². The quantitative estimate of drug-likeness (QED) is 0.870. The molecule has 1 aromatic rings. The molecule has 0 aliphatic carbocycles. The van der Waals surface area contributed by atoms with E-state index in [0.717, 1.165) is 5.56 Å². The lowest BCUT2D eigenvalue weighted by Crippen LogP contribution is -2.47. The molecule has 136 valence electrons. The fourth-order valence-electron chi connectivity index (χ4n) is 2.96. The number of hydrogen-bond acceptors (Lipinski definition) is 4. The van der Waals surface area contributed by atoms with Crippen molar-refractivity contribution in [2.75, 3.05) is 6.54 Å². The Bertz CT molecular complexity index is 639. The summed E-state index contributed by atoms with van der Waals surface area (Å²) in [5.74, 6) is -1.48. The summed E-state index contributed by atoms with van der Waals surface area (Å²) in [4.78, 5) is 37.2. The molecule has 1 heterocycles. The van der Waals surface area contributed by atoms with E-state index in [4.69, 9.17) is 4.74 Å². The van der Waals surface area contributed by atoms with Gasteiger partial charge in [0.2, 0.25) is 5.91 Å². The van der Waals surface area contributed by atoms with Crippen LogP contribution in [0.5, 0.6) is 0 Å². The molecule has 0 aromatic heterocycles. The molecule has 7 heteroatoms. The number of carboxylic acid groups (broad SMARTS) is 1. The summed E-state index contributed by atoms with van der Waals surface area (Å²) in [5, 5.41) is 11.8. The molecule has 0 radical (unpaired) electrons. The van der Waals surface area contributed by atoms with Gasteiger partial charge in [-0.3, -0.25) is 4.79 Å². The summed E-state index contributed by atoms with van der Waals surface area (Å²) in [7, 11) is 0. The second-order valence-electron chi connectivity index (χ2n) is 7.01. The van der Waals surface area contributed by atoms with Gasteiger partial charge in [0.25, 0.3) is 0 Å². The second-order valence-corrected chi connectivity index (χ2v) is 7.01. The van der Waals surface area contributed by atoms with Crippen LogP contribution in [0.25, 0.3) is 0 Å². The first-order valence-electron chi connectivity index (χ1n) is 8.25. The van der Waals surface area contributed by atoms with Crippen molar-refractivity contribution in [3.8, 4) is 0 Å². The van der Waals surface area contributed by atoms with Crippen molar-refractivity contribution >= 4 is 18.0 Å². The van der Waals surface area contributed by atoms with E-state index in [-0.39, 0.29) is 12.6 Å². The number of hydrogen-bond donors (Lipinski definition) is 2. The number of amides is 2. The van der Waals surface area contributed by atoms with Gasteiger partial charge in [-0.25, -0.2) is 9.59 Å². The lowest BCUT2D eigenvalue weighted by Gasteiger charge is -2.29. The second kappa shape index (κ2) is 7.55. The summed E-state index contributed by atoms with van der Waals surface area (Å²) in [5.41, 5.74) is 0.216. The topological polar surface area (TPSA) is 95.9 Å². The van der Waals surface area contributed by atoms with Crippen LogP contribution in [0, 0.1) is 0 Å². The molecular weight excluding hydrogens is 324 g/mol. The molecule has 1 aliphatic rings. The zero-order valence-corrected chi connectivity index (χ0v) is 14.7. The maximum Gasteiger partial charge on any atom is 0.408 e. The number of nitrogens with one attached hydrogen (secondary N) is 1. The van der Waals surface area contributed by atoms with E-state index < -0.39 is 29.6 Å². The number of likely N-dealkylation sites (tertiary alicyclic amines) is 1. The number of rotatable bonds is 4. The van der Waals surface area contributed by atoms with E-state index in [1.54, 1.807) is 20.8 Å². The monoisotopic (exact) mass is 348 g/mol. The van der Waals surface area contributed by atoms with Gasteiger partial charge >= 0.3 is 12.1 Å². The van der Waals surface area contributed by atoms with Crippen molar-refractivity contribution < 1.29 is 24.2 Å². The van der Waals surface area contributed by atoms with E-state index in [0.29, 0.717) is 12.8 Å². The third-order valence-electron chi connectivity index (χ3n) is 3.93. The van der Waals surface area contributed by atoms with Crippen LogP contribution in [0.4, 0.5) is 4.79 Å². The molecule has 1 saturated heterocycles. The van der Waals surface area contributed by atoms with Gasteiger partial charge < -0.3 is 20.1 Å². The Labute approximate surface area is 147 Å². The number of carbonyl (C=O) groups excluding carboxylic acids is 2. The van der Waals surface area contributed by atoms with Gasteiger partial charge in [0.05, 0.1) is 6.04 Å². The minimum atomic E-state index is -1.04. The molecule has 1 unspecified atom stereocenters. The summed E-state index contributed by atoms with van der Waals surface area (Å²) in [6.45, 7) is 4.87. The fourth-order valence-corrected chi connectivity index (χ4v) is 2.96. The minimum absolute atomic E-state index is 0.304. The molecule has 1 fully saturated rings. The van der Waals surface area contributed by atoms with Gasteiger partial charge in [-0.1, -0.05) is 30.3 Å². The Morgan fingerprint density at radius 2 is 1.84 bits per heavy atom. The number of carbonyl (C=O) groups is 3. The first-order valence-corrected chi connectivity index (χ1v) is 8.25. The first-order chi connectivity index (χ1) is 11.7. The third-order valence-corrected chi connectivity index (χ3v) is 3.93. The van der Waals surface area contributed by atoms with E-state index in [2.05, 4.69) is 5.32 Å². The average molecular weight is 348 g/mol. The van der Waals surface area contributed by atoms with Crippen molar-refractivity contribution in [1.29, 1.82) is 0 Å². The van der Waals surface area contributed by atoms with Crippen LogP contribution in [0.1, 0.15) is 45.2 Å². The molecule has 25 heavy (non-hydrogen) atoms. The van der Waals surface area contributed by atoms with E-state index in [9.17, 15) is 19.5 Å². The molecule has 0 spiro atoms. The Balaban J connectivity index is 2.09. The van der Waals surface area contributed by atoms with E-state index in [1.165, 1.54) is 4.90 Å². The van der Waals surface area contributed by atoms with Gasteiger partial charge in [-0.2, -0.15) is 0 Å². The minimum Gasteiger partial charge on any atom is -0.480 e. The third kappa shape index (κ3) is 4.95. The highest BCUT2D eigenvalue weighted by molar-refractivity contribution is 5.87. The molecule has 0 bridgehead atoms. The van der Waals surface area contributed by atoms with Crippen LogP contribution in [-0.2, 0) is 14.3 Å². The van der Waals surface area contributed by atoms with Crippen LogP contribution in [0.2, 0.25) is 0 Å². The van der Waals surface area contributed by atoms with E-state index in [1.807, 2.05) is 30.3 Å². The Hall–Kier alpha value is -2.57. The fraction of sp³-hybridized carbons (Fsp3) is 0.500. The van der Waals surface area contributed by atoms with Crippen molar-refractivity contribution in [3.05, 3.63) is 35.9 Å². The number of ether oxygens (including phenoxy) is 1. The smallest absolute Gasteiger partial charge is 0.408 e. The van der Waals surface area contributed by atoms with Gasteiger partial charge in [-0.05, 0) is 39.2 Å². The zero-order chi connectivity index (χ0) is 18.6. The first kappa shape index (κ1) is 18.8. The SMILES string of the molecule is CC(C)(C)OC(=O)NCC(=O)N1C(c2ccccc2)CC[C@H]1C(=O)O. The summed E-state index contributed by atoms with van der Waals surface area (Å²) in [6.07, 6.45) is 0.245. The summed E-state index contributed by atoms with van der Waals surface area (Å²) >= 11 is 0. The van der Waals surface area contributed by atoms with Gasteiger partial charge in [0.15, 0.2) is 0 Å². The number of aliphatic carboxylic acids is 1. The van der Waals surface area contributed by atoms with Crippen molar-refractivity contribution in [3.63, 3.8) is 0 Å². The van der Waals surface area contributed by atoms with Crippen LogP contribution < -0.4 is 5.32 Å². The molecule has 7 nitrogen and oxygen atoms in total. The Morgan fingerprint density at radius 1 is 1.20 bits per heavy atom. The summed E-state index contributed by atoms with van der Waals surface area (Å²) in [6, 6.07) is 8.11. The number of benzene rings is 1. The predicted octanol–water partition coefficient (Wildman–Crippen LogP) is 2.33. The normalized spacial score (nSPS) is 20.2. The molecular formula is C18H24N2O5. The molecule has 0 saturated carbocycles. The Morgan fingerprint density at radius 3 is 2.40 bits per heavy atom. The van der Waals surface area contributed by atoms with Crippen molar-refractivity contribution in [2.45, 2.75) is 51.3 Å². The van der Waals surface area contributed by atoms with Crippen LogP contribution in [0.3, 0.4) is 0 Å². The van der Waals surface area contributed by atoms with Crippen LogP contribution in [0.15, 0.2) is 30.3 Å². The van der Waals surface area contributed by atoms with Crippen LogP contribution >= 0.6 is 0 Å².